The highest BCUT2D eigenvalue weighted by molar-refractivity contribution is 5.99. The molecule has 4 aromatic heterocycles. The van der Waals surface area contributed by atoms with Gasteiger partial charge in [0, 0.05) is 55.2 Å². The Labute approximate surface area is 199 Å². The number of carbonyl (C=O) groups is 1. The van der Waals surface area contributed by atoms with Gasteiger partial charge in [-0.1, -0.05) is 0 Å². The number of carboxylic acid groups (broad SMARTS) is 1. The molecule has 5 heterocycles. The van der Waals surface area contributed by atoms with E-state index in [1.807, 2.05) is 30.5 Å². The van der Waals surface area contributed by atoms with Crippen LogP contribution in [0.3, 0.4) is 0 Å². The van der Waals surface area contributed by atoms with Gasteiger partial charge in [0.2, 0.25) is 5.95 Å². The van der Waals surface area contributed by atoms with Gasteiger partial charge in [0.25, 0.3) is 0 Å². The number of nitrogens with zero attached hydrogens (tertiary/aromatic N) is 7. The van der Waals surface area contributed by atoms with Crippen LogP contribution in [0.1, 0.15) is 0 Å². The first kappa shape index (κ1) is 20.9. The number of benzene rings is 1. The number of rotatable bonds is 5. The second-order valence-corrected chi connectivity index (χ2v) is 8.40. The van der Waals surface area contributed by atoms with Crippen LogP contribution in [0.4, 0.5) is 11.6 Å². The molecule has 35 heavy (non-hydrogen) atoms. The first-order chi connectivity index (χ1) is 17.1. The number of carboxylic acids is 1. The van der Waals surface area contributed by atoms with Crippen molar-refractivity contribution in [2.75, 3.05) is 36.0 Å². The zero-order valence-electron chi connectivity index (χ0n) is 18.7. The van der Waals surface area contributed by atoms with E-state index >= 15 is 0 Å². The fraction of sp³-hybridized carbons (Fsp3) is 0.208. The van der Waals surface area contributed by atoms with E-state index in [9.17, 15) is 15.0 Å². The van der Waals surface area contributed by atoms with Crippen molar-refractivity contribution in [3.05, 3.63) is 55.1 Å². The van der Waals surface area contributed by atoms with Gasteiger partial charge in [-0.25, -0.2) is 15.0 Å². The molecule has 3 N–H and O–H groups in total. The number of H-pyrrole nitrogens is 1. The lowest BCUT2D eigenvalue weighted by molar-refractivity contribution is -0.137. The summed E-state index contributed by atoms with van der Waals surface area (Å²) in [5.41, 5.74) is 4.31. The monoisotopic (exact) mass is 470 g/mol. The maximum Gasteiger partial charge on any atom is 0.323 e. The molecule has 6 rings (SSSR count). The molecular weight excluding hydrogens is 448 g/mol. The fourth-order valence-electron chi connectivity index (χ4n) is 4.52. The molecule has 11 nitrogen and oxygen atoms in total. The normalized spacial score (nSPS) is 14.2. The fourth-order valence-corrected chi connectivity index (χ4v) is 4.52. The first-order valence-electron chi connectivity index (χ1n) is 11.2. The molecule has 1 aliphatic heterocycles. The molecule has 0 atom stereocenters. The molecule has 11 heteroatoms. The lowest BCUT2D eigenvalue weighted by atomic mass is 10.1. The van der Waals surface area contributed by atoms with Crippen LogP contribution in [0.2, 0.25) is 0 Å². The molecule has 1 saturated heterocycles. The standard InChI is InChI=1S/C24H22N8O3/c33-16-3-1-15(2-4-16)30-9-11-31(12-10-30)24-28-20(17-5-7-25-22-18(17)6-8-26-22)21-23(29-24)32(14-27-21)13-19(34)35/h1-8,14,33H,9-13H2,(H,25,26)(H,34,35). The van der Waals surface area contributed by atoms with Crippen LogP contribution in [-0.2, 0) is 11.3 Å². The third-order valence-electron chi connectivity index (χ3n) is 6.25. The quantitative estimate of drug-likeness (QED) is 0.354. The summed E-state index contributed by atoms with van der Waals surface area (Å²) in [7, 11) is 0. The Morgan fingerprint density at radius 3 is 2.51 bits per heavy atom. The van der Waals surface area contributed by atoms with Gasteiger partial charge in [-0.15, -0.1) is 0 Å². The lowest BCUT2D eigenvalue weighted by Crippen LogP contribution is -2.47. The van der Waals surface area contributed by atoms with E-state index < -0.39 is 5.97 Å². The summed E-state index contributed by atoms with van der Waals surface area (Å²) in [5, 5.41) is 19.9. The highest BCUT2D eigenvalue weighted by Crippen LogP contribution is 2.32. The number of hydrogen-bond acceptors (Lipinski definition) is 8. The second-order valence-electron chi connectivity index (χ2n) is 8.40. The van der Waals surface area contributed by atoms with Gasteiger partial charge in [-0.2, -0.15) is 4.98 Å². The molecule has 0 spiro atoms. The van der Waals surface area contributed by atoms with E-state index in [2.05, 4.69) is 24.8 Å². The van der Waals surface area contributed by atoms with Gasteiger partial charge in [0.05, 0.1) is 6.33 Å². The number of anilines is 2. The summed E-state index contributed by atoms with van der Waals surface area (Å²) < 4.78 is 1.54. The molecule has 1 fully saturated rings. The first-order valence-corrected chi connectivity index (χ1v) is 11.2. The maximum absolute atomic E-state index is 11.4. The van der Waals surface area contributed by atoms with Crippen LogP contribution in [-0.4, -0.2) is 71.8 Å². The van der Waals surface area contributed by atoms with Crippen molar-refractivity contribution in [1.29, 1.82) is 0 Å². The minimum Gasteiger partial charge on any atom is -0.508 e. The minimum absolute atomic E-state index is 0.239. The number of aromatic amines is 1. The molecule has 0 aliphatic carbocycles. The SMILES string of the molecule is O=C(O)Cn1cnc2c(-c3ccnc4[nH]ccc34)nc(N3CCN(c4ccc(O)cc4)CC3)nc21. The Morgan fingerprint density at radius 1 is 0.971 bits per heavy atom. The summed E-state index contributed by atoms with van der Waals surface area (Å²) in [6.07, 6.45) is 5.04. The van der Waals surface area contributed by atoms with Crippen LogP contribution >= 0.6 is 0 Å². The number of pyridine rings is 1. The smallest absolute Gasteiger partial charge is 0.323 e. The number of phenolic OH excluding ortho intramolecular Hbond substituents is 1. The number of imidazole rings is 1. The number of aliphatic carboxylic acids is 1. The average molecular weight is 470 g/mol. The van der Waals surface area contributed by atoms with Crippen LogP contribution in [0.15, 0.2) is 55.1 Å². The van der Waals surface area contributed by atoms with Gasteiger partial charge in [0.15, 0.2) is 5.65 Å². The van der Waals surface area contributed by atoms with Crippen molar-refractivity contribution in [3.8, 4) is 17.0 Å². The molecule has 176 valence electrons. The van der Waals surface area contributed by atoms with Crippen LogP contribution in [0.5, 0.6) is 5.75 Å². The number of piperazine rings is 1. The van der Waals surface area contributed by atoms with Crippen molar-refractivity contribution in [1.82, 2.24) is 29.5 Å². The Bertz CT molecular complexity index is 1530. The predicted molar refractivity (Wildman–Crippen MR) is 131 cm³/mol. The van der Waals surface area contributed by atoms with Gasteiger partial charge < -0.3 is 29.6 Å². The zero-order chi connectivity index (χ0) is 23.9. The van der Waals surface area contributed by atoms with Crippen LogP contribution in [0, 0.1) is 0 Å². The van der Waals surface area contributed by atoms with Crippen molar-refractivity contribution in [2.24, 2.45) is 0 Å². The molecule has 1 aromatic carbocycles. The zero-order valence-corrected chi connectivity index (χ0v) is 18.7. The summed E-state index contributed by atoms with van der Waals surface area (Å²) in [5.74, 6) is -0.191. The van der Waals surface area contributed by atoms with Gasteiger partial charge in [-0.05, 0) is 36.4 Å². The molecule has 0 amide bonds. The highest BCUT2D eigenvalue weighted by atomic mass is 16.4. The van der Waals surface area contributed by atoms with E-state index in [1.54, 1.807) is 18.3 Å². The van der Waals surface area contributed by atoms with Crippen molar-refractivity contribution in [3.63, 3.8) is 0 Å². The minimum atomic E-state index is -0.967. The number of hydrogen-bond donors (Lipinski definition) is 3. The Kier molecular flexibility index (Phi) is 4.94. The topological polar surface area (TPSA) is 136 Å². The van der Waals surface area contributed by atoms with Crippen LogP contribution < -0.4 is 9.80 Å². The lowest BCUT2D eigenvalue weighted by Gasteiger charge is -2.36. The van der Waals surface area contributed by atoms with Gasteiger partial charge in [-0.3, -0.25) is 4.79 Å². The Balaban J connectivity index is 1.40. The number of phenols is 1. The third-order valence-corrected chi connectivity index (χ3v) is 6.25. The second kappa shape index (κ2) is 8.28. The molecule has 5 aromatic rings. The van der Waals surface area contributed by atoms with Crippen molar-refractivity contribution >= 4 is 39.8 Å². The van der Waals surface area contributed by atoms with E-state index in [1.165, 1.54) is 10.9 Å². The number of nitrogens with one attached hydrogen (secondary N) is 1. The number of aromatic hydroxyl groups is 1. The van der Waals surface area contributed by atoms with E-state index in [0.717, 1.165) is 35.4 Å². The predicted octanol–water partition coefficient (Wildman–Crippen LogP) is 2.49. The number of aromatic nitrogens is 6. The van der Waals surface area contributed by atoms with E-state index in [4.69, 9.17) is 9.97 Å². The Hall–Kier alpha value is -4.67. The van der Waals surface area contributed by atoms with Gasteiger partial charge in [0.1, 0.15) is 29.2 Å². The molecular formula is C24H22N8O3. The summed E-state index contributed by atoms with van der Waals surface area (Å²) >= 11 is 0. The average Bonchev–Trinajstić information content (AvgIpc) is 3.51. The van der Waals surface area contributed by atoms with E-state index in [-0.39, 0.29) is 12.3 Å². The van der Waals surface area contributed by atoms with Crippen LogP contribution in [0.25, 0.3) is 33.5 Å². The summed E-state index contributed by atoms with van der Waals surface area (Å²) in [6, 6.07) is 11.0. The molecule has 1 aliphatic rings. The maximum atomic E-state index is 11.4. The molecule has 0 unspecified atom stereocenters. The molecule has 0 saturated carbocycles. The number of fused-ring (bicyclic) bond motifs is 2. The van der Waals surface area contributed by atoms with Crippen molar-refractivity contribution in [2.45, 2.75) is 6.54 Å². The summed E-state index contributed by atoms with van der Waals surface area (Å²) in [6.45, 7) is 2.65. The Morgan fingerprint density at radius 2 is 1.74 bits per heavy atom. The van der Waals surface area contributed by atoms with Gasteiger partial charge >= 0.3 is 5.97 Å². The molecule has 0 radical (unpaired) electrons. The largest absolute Gasteiger partial charge is 0.508 e. The third kappa shape index (κ3) is 3.76. The van der Waals surface area contributed by atoms with Crippen molar-refractivity contribution < 1.29 is 15.0 Å². The van der Waals surface area contributed by atoms with E-state index in [0.29, 0.717) is 35.9 Å². The molecule has 0 bridgehead atoms. The highest BCUT2D eigenvalue weighted by Gasteiger charge is 2.24. The summed E-state index contributed by atoms with van der Waals surface area (Å²) in [4.78, 5) is 37.5.